The maximum Gasteiger partial charge on any atom is 0.416 e. The summed E-state index contributed by atoms with van der Waals surface area (Å²) in [6.07, 6.45) is 6.12. The molecule has 19 heavy (non-hydrogen) atoms. The molecule has 106 valence electrons. The molecule has 0 bridgehead atoms. The zero-order valence-corrected chi connectivity index (χ0v) is 11.3. The Kier molecular flexibility index (Phi) is 6.68. The van der Waals surface area contributed by atoms with Crippen molar-refractivity contribution in [2.24, 2.45) is 0 Å². The van der Waals surface area contributed by atoms with Gasteiger partial charge < -0.3 is 0 Å². The normalized spacial score (nSPS) is 12.2. The SMILES string of the molecule is C/C=C/CCCCCCc1cccc(C(F)(F)F)c1. The molecule has 0 heterocycles. The Morgan fingerprint density at radius 1 is 1.05 bits per heavy atom. The second-order valence-corrected chi connectivity index (χ2v) is 4.72. The Hall–Kier alpha value is -1.25. The van der Waals surface area contributed by atoms with Crippen LogP contribution < -0.4 is 0 Å². The van der Waals surface area contributed by atoms with Crippen LogP contribution in [0.1, 0.15) is 50.2 Å². The number of halogens is 3. The van der Waals surface area contributed by atoms with Crippen LogP contribution in [0.2, 0.25) is 0 Å². The van der Waals surface area contributed by atoms with Crippen molar-refractivity contribution in [3.8, 4) is 0 Å². The smallest absolute Gasteiger partial charge is 0.166 e. The third kappa shape index (κ3) is 6.46. The molecule has 0 aliphatic carbocycles. The number of benzene rings is 1. The van der Waals surface area contributed by atoms with Crippen molar-refractivity contribution in [1.29, 1.82) is 0 Å². The molecule has 0 aliphatic rings. The van der Waals surface area contributed by atoms with E-state index in [1.165, 1.54) is 12.1 Å². The third-order valence-corrected chi connectivity index (χ3v) is 3.08. The van der Waals surface area contributed by atoms with Gasteiger partial charge in [-0.05, 0) is 44.2 Å². The molecule has 0 saturated heterocycles. The molecule has 0 aliphatic heterocycles. The molecular weight excluding hydrogens is 249 g/mol. The van der Waals surface area contributed by atoms with Crippen LogP contribution in [0.25, 0.3) is 0 Å². The molecule has 0 nitrogen and oxygen atoms in total. The lowest BCUT2D eigenvalue weighted by Crippen LogP contribution is -2.05. The Morgan fingerprint density at radius 2 is 1.79 bits per heavy atom. The van der Waals surface area contributed by atoms with Gasteiger partial charge in [0.15, 0.2) is 0 Å². The minimum atomic E-state index is -4.23. The molecule has 3 heteroatoms. The molecule has 1 rings (SSSR count). The minimum Gasteiger partial charge on any atom is -0.166 e. The van der Waals surface area contributed by atoms with E-state index in [2.05, 4.69) is 6.08 Å². The van der Waals surface area contributed by atoms with Gasteiger partial charge in [-0.15, -0.1) is 0 Å². The molecule has 0 aromatic heterocycles. The summed E-state index contributed by atoms with van der Waals surface area (Å²) >= 11 is 0. The van der Waals surface area contributed by atoms with Gasteiger partial charge in [0.05, 0.1) is 5.56 Å². The van der Waals surface area contributed by atoms with Gasteiger partial charge in [0.2, 0.25) is 0 Å². The van der Waals surface area contributed by atoms with Crippen LogP contribution in [0.3, 0.4) is 0 Å². The first-order valence-corrected chi connectivity index (χ1v) is 6.81. The second-order valence-electron chi connectivity index (χ2n) is 4.72. The van der Waals surface area contributed by atoms with Gasteiger partial charge in [-0.25, -0.2) is 0 Å². The number of allylic oxidation sites excluding steroid dienone is 2. The lowest BCUT2D eigenvalue weighted by molar-refractivity contribution is -0.137. The van der Waals surface area contributed by atoms with Crippen LogP contribution in [0.5, 0.6) is 0 Å². The standard InChI is InChI=1S/C16H21F3/c1-2-3-4-5-6-7-8-10-14-11-9-12-15(13-14)16(17,18)19/h2-3,9,11-13H,4-8,10H2,1H3/b3-2+. The van der Waals surface area contributed by atoms with E-state index >= 15 is 0 Å². The van der Waals surface area contributed by atoms with Gasteiger partial charge >= 0.3 is 6.18 Å². The number of alkyl halides is 3. The van der Waals surface area contributed by atoms with Crippen LogP contribution in [0.15, 0.2) is 36.4 Å². The van der Waals surface area contributed by atoms with Gasteiger partial charge in [0, 0.05) is 0 Å². The van der Waals surface area contributed by atoms with Gasteiger partial charge in [-0.1, -0.05) is 43.2 Å². The quantitative estimate of drug-likeness (QED) is 0.435. The van der Waals surface area contributed by atoms with Crippen molar-refractivity contribution in [3.05, 3.63) is 47.5 Å². The molecule has 0 amide bonds. The second kappa shape index (κ2) is 8.03. The lowest BCUT2D eigenvalue weighted by Gasteiger charge is -2.08. The van der Waals surface area contributed by atoms with E-state index in [0.717, 1.165) is 50.2 Å². The maximum absolute atomic E-state index is 12.5. The van der Waals surface area contributed by atoms with E-state index in [9.17, 15) is 13.2 Å². The van der Waals surface area contributed by atoms with Gasteiger partial charge in [-0.2, -0.15) is 13.2 Å². The average Bonchev–Trinajstić information content (AvgIpc) is 2.37. The fourth-order valence-electron chi connectivity index (χ4n) is 2.01. The first-order chi connectivity index (χ1) is 9.04. The molecule has 1 aromatic rings. The molecule has 0 saturated carbocycles. The largest absolute Gasteiger partial charge is 0.416 e. The molecule has 0 fully saturated rings. The number of rotatable bonds is 7. The summed E-state index contributed by atoms with van der Waals surface area (Å²) in [4.78, 5) is 0. The van der Waals surface area contributed by atoms with Gasteiger partial charge in [-0.3, -0.25) is 0 Å². The Morgan fingerprint density at radius 3 is 2.47 bits per heavy atom. The lowest BCUT2D eigenvalue weighted by atomic mass is 10.0. The fraction of sp³-hybridized carbons (Fsp3) is 0.500. The van der Waals surface area contributed by atoms with Crippen LogP contribution >= 0.6 is 0 Å². The summed E-state index contributed by atoms with van der Waals surface area (Å²) in [7, 11) is 0. The molecule has 0 N–H and O–H groups in total. The van der Waals surface area contributed by atoms with Crippen LogP contribution in [-0.2, 0) is 12.6 Å². The van der Waals surface area contributed by atoms with E-state index in [0.29, 0.717) is 0 Å². The van der Waals surface area contributed by atoms with Crippen molar-refractivity contribution in [1.82, 2.24) is 0 Å². The van der Waals surface area contributed by atoms with E-state index in [-0.39, 0.29) is 0 Å². The molecular formula is C16H21F3. The molecule has 0 spiro atoms. The van der Waals surface area contributed by atoms with Crippen LogP contribution in [0, 0.1) is 0 Å². The minimum absolute atomic E-state index is 0.543. The summed E-state index contributed by atoms with van der Waals surface area (Å²) < 4.78 is 37.6. The Balaban J connectivity index is 2.30. The topological polar surface area (TPSA) is 0 Å². The molecule has 1 aromatic carbocycles. The first kappa shape index (κ1) is 15.8. The highest BCUT2D eigenvalue weighted by atomic mass is 19.4. The Bertz CT molecular complexity index is 391. The monoisotopic (exact) mass is 270 g/mol. The van der Waals surface area contributed by atoms with E-state index in [1.54, 1.807) is 6.07 Å². The number of hydrogen-bond donors (Lipinski definition) is 0. The third-order valence-electron chi connectivity index (χ3n) is 3.08. The van der Waals surface area contributed by atoms with Crippen molar-refractivity contribution >= 4 is 0 Å². The zero-order valence-electron chi connectivity index (χ0n) is 11.3. The van der Waals surface area contributed by atoms with Crippen molar-refractivity contribution < 1.29 is 13.2 Å². The van der Waals surface area contributed by atoms with Crippen molar-refractivity contribution in [2.75, 3.05) is 0 Å². The van der Waals surface area contributed by atoms with Crippen molar-refractivity contribution in [3.63, 3.8) is 0 Å². The van der Waals surface area contributed by atoms with E-state index in [1.807, 2.05) is 13.0 Å². The maximum atomic E-state index is 12.5. The predicted molar refractivity (Wildman–Crippen MR) is 73.0 cm³/mol. The summed E-state index contributed by atoms with van der Waals surface area (Å²) in [5, 5.41) is 0. The summed E-state index contributed by atoms with van der Waals surface area (Å²) in [5.41, 5.74) is 0.237. The molecule has 0 atom stereocenters. The van der Waals surface area contributed by atoms with Gasteiger partial charge in [0.1, 0.15) is 0 Å². The van der Waals surface area contributed by atoms with E-state index < -0.39 is 11.7 Å². The van der Waals surface area contributed by atoms with E-state index in [4.69, 9.17) is 0 Å². The number of unbranched alkanes of at least 4 members (excludes halogenated alkanes) is 4. The first-order valence-electron chi connectivity index (χ1n) is 6.81. The highest BCUT2D eigenvalue weighted by molar-refractivity contribution is 5.25. The summed E-state index contributed by atoms with van der Waals surface area (Å²) in [6, 6.07) is 5.65. The van der Waals surface area contributed by atoms with Crippen molar-refractivity contribution in [2.45, 2.75) is 51.6 Å². The molecule has 0 radical (unpaired) electrons. The van der Waals surface area contributed by atoms with Crippen LogP contribution in [0.4, 0.5) is 13.2 Å². The zero-order chi connectivity index (χ0) is 14.1. The highest BCUT2D eigenvalue weighted by Crippen LogP contribution is 2.29. The molecule has 0 unspecified atom stereocenters. The number of aryl methyl sites for hydroxylation is 1. The summed E-state index contributed by atoms with van der Waals surface area (Å²) in [6.45, 7) is 2.01. The Labute approximate surface area is 113 Å². The highest BCUT2D eigenvalue weighted by Gasteiger charge is 2.30. The van der Waals surface area contributed by atoms with Crippen LogP contribution in [-0.4, -0.2) is 0 Å². The average molecular weight is 270 g/mol. The number of hydrogen-bond acceptors (Lipinski definition) is 0. The predicted octanol–water partition coefficient (Wildman–Crippen LogP) is 5.77. The fourth-order valence-corrected chi connectivity index (χ4v) is 2.01. The summed E-state index contributed by atoms with van der Waals surface area (Å²) in [5.74, 6) is 0. The van der Waals surface area contributed by atoms with Gasteiger partial charge in [0.25, 0.3) is 0 Å².